The molecule has 2 aromatic carbocycles. The Balaban J connectivity index is 1.41. The minimum Gasteiger partial charge on any atom is -0.492 e. The molecule has 0 aromatic heterocycles. The molecule has 0 unspecified atom stereocenters. The molecule has 27 heavy (non-hydrogen) atoms. The van der Waals surface area contributed by atoms with Crippen LogP contribution in [0.15, 0.2) is 47.5 Å². The second-order valence-corrected chi connectivity index (χ2v) is 6.63. The maximum Gasteiger partial charge on any atom is 0.224 e. The summed E-state index contributed by atoms with van der Waals surface area (Å²) in [6.45, 7) is 1.75. The number of carbonyl (C=O) groups excluding carboxylic acids is 1. The molecule has 6 nitrogen and oxygen atoms in total. The van der Waals surface area contributed by atoms with Gasteiger partial charge in [-0.1, -0.05) is 23.7 Å². The van der Waals surface area contributed by atoms with Crippen LogP contribution in [0.5, 0.6) is 5.75 Å². The van der Waals surface area contributed by atoms with Gasteiger partial charge in [-0.2, -0.15) is 0 Å². The quantitative estimate of drug-likeness (QED) is 0.405. The SMILES string of the molecule is CN=C(NCCOc1ccc2c(c1)CCC(=O)N2)NCc1cccc(Cl)c1. The molecule has 0 saturated heterocycles. The van der Waals surface area contributed by atoms with Gasteiger partial charge < -0.3 is 20.7 Å². The van der Waals surface area contributed by atoms with Gasteiger partial charge in [0, 0.05) is 30.7 Å². The molecule has 0 saturated carbocycles. The van der Waals surface area contributed by atoms with Crippen LogP contribution >= 0.6 is 11.6 Å². The number of anilines is 1. The summed E-state index contributed by atoms with van der Waals surface area (Å²) in [5.41, 5.74) is 3.07. The summed E-state index contributed by atoms with van der Waals surface area (Å²) in [6, 6.07) is 13.5. The standard InChI is InChI=1S/C20H23ClN4O2/c1-22-20(24-13-14-3-2-4-16(21)11-14)23-9-10-27-17-6-7-18-15(12-17)5-8-19(26)25-18/h2-4,6-7,11-12H,5,8-10,13H2,1H3,(H,25,26)(H2,22,23,24). The first-order chi connectivity index (χ1) is 13.1. The molecule has 1 amide bonds. The summed E-state index contributed by atoms with van der Waals surface area (Å²) < 4.78 is 5.80. The van der Waals surface area contributed by atoms with Crippen molar-refractivity contribution in [2.24, 2.45) is 4.99 Å². The molecule has 7 heteroatoms. The molecule has 2 aromatic rings. The number of aliphatic imine (C=N–C) groups is 1. The number of halogens is 1. The molecule has 0 bridgehead atoms. The maximum atomic E-state index is 11.4. The summed E-state index contributed by atoms with van der Waals surface area (Å²) in [7, 11) is 1.73. The Morgan fingerprint density at radius 1 is 1.22 bits per heavy atom. The van der Waals surface area contributed by atoms with Gasteiger partial charge in [-0.3, -0.25) is 9.79 Å². The molecule has 142 valence electrons. The number of aryl methyl sites for hydroxylation is 1. The Bertz CT molecular complexity index is 838. The molecule has 0 aliphatic carbocycles. The van der Waals surface area contributed by atoms with Crippen LogP contribution in [0.1, 0.15) is 17.5 Å². The lowest BCUT2D eigenvalue weighted by Gasteiger charge is -2.18. The van der Waals surface area contributed by atoms with Crippen molar-refractivity contribution in [3.8, 4) is 5.75 Å². The molecule has 1 heterocycles. The van der Waals surface area contributed by atoms with Gasteiger partial charge in [-0.25, -0.2) is 0 Å². The molecule has 0 radical (unpaired) electrons. The monoisotopic (exact) mass is 386 g/mol. The Morgan fingerprint density at radius 2 is 2.11 bits per heavy atom. The van der Waals surface area contributed by atoms with Gasteiger partial charge in [0.05, 0.1) is 6.54 Å². The Morgan fingerprint density at radius 3 is 2.93 bits per heavy atom. The minimum absolute atomic E-state index is 0.0667. The van der Waals surface area contributed by atoms with Crippen molar-refractivity contribution in [1.29, 1.82) is 0 Å². The predicted molar refractivity (Wildman–Crippen MR) is 109 cm³/mol. The third-order valence-corrected chi connectivity index (χ3v) is 4.44. The third kappa shape index (κ3) is 5.62. The molecule has 1 aliphatic rings. The second-order valence-electron chi connectivity index (χ2n) is 6.20. The summed E-state index contributed by atoms with van der Waals surface area (Å²) >= 11 is 6.00. The van der Waals surface area contributed by atoms with Crippen molar-refractivity contribution in [1.82, 2.24) is 10.6 Å². The van der Waals surface area contributed by atoms with Gasteiger partial charge in [-0.15, -0.1) is 0 Å². The molecule has 0 spiro atoms. The van der Waals surface area contributed by atoms with Crippen molar-refractivity contribution in [3.05, 3.63) is 58.6 Å². The molecule has 3 N–H and O–H groups in total. The highest BCUT2D eigenvalue weighted by atomic mass is 35.5. The largest absolute Gasteiger partial charge is 0.492 e. The smallest absolute Gasteiger partial charge is 0.224 e. The van der Waals surface area contributed by atoms with E-state index in [2.05, 4.69) is 20.9 Å². The van der Waals surface area contributed by atoms with E-state index in [0.29, 0.717) is 32.1 Å². The van der Waals surface area contributed by atoms with Gasteiger partial charge in [0.2, 0.25) is 5.91 Å². The van der Waals surface area contributed by atoms with Gasteiger partial charge in [-0.05, 0) is 47.9 Å². The van der Waals surface area contributed by atoms with E-state index in [-0.39, 0.29) is 5.91 Å². The van der Waals surface area contributed by atoms with E-state index in [9.17, 15) is 4.79 Å². The average Bonchev–Trinajstić information content (AvgIpc) is 2.67. The lowest BCUT2D eigenvalue weighted by Crippen LogP contribution is -2.38. The summed E-state index contributed by atoms with van der Waals surface area (Å²) in [4.78, 5) is 15.6. The van der Waals surface area contributed by atoms with Crippen molar-refractivity contribution >= 4 is 29.2 Å². The third-order valence-electron chi connectivity index (χ3n) is 4.21. The summed E-state index contributed by atoms with van der Waals surface area (Å²) in [5, 5.41) is 10.0. The Kier molecular flexibility index (Phi) is 6.54. The normalized spacial score (nSPS) is 13.6. The van der Waals surface area contributed by atoms with E-state index in [1.165, 1.54) is 0 Å². The number of ether oxygens (including phenoxy) is 1. The number of fused-ring (bicyclic) bond motifs is 1. The zero-order chi connectivity index (χ0) is 19.1. The second kappa shape index (κ2) is 9.28. The molecule has 0 atom stereocenters. The summed E-state index contributed by atoms with van der Waals surface area (Å²) in [5.74, 6) is 1.57. The number of hydrogen-bond acceptors (Lipinski definition) is 3. The van der Waals surface area contributed by atoms with E-state index in [4.69, 9.17) is 16.3 Å². The van der Waals surface area contributed by atoms with Crippen LogP contribution in [0.2, 0.25) is 5.02 Å². The van der Waals surface area contributed by atoms with Crippen LogP contribution in [-0.2, 0) is 17.8 Å². The van der Waals surface area contributed by atoms with Crippen LogP contribution in [0.4, 0.5) is 5.69 Å². The van der Waals surface area contributed by atoms with Crippen molar-refractivity contribution < 1.29 is 9.53 Å². The lowest BCUT2D eigenvalue weighted by atomic mass is 10.0. The number of nitrogens with one attached hydrogen (secondary N) is 3. The number of rotatable bonds is 6. The number of nitrogens with zero attached hydrogens (tertiary/aromatic N) is 1. The number of carbonyl (C=O) groups is 1. The van der Waals surface area contributed by atoms with E-state index < -0.39 is 0 Å². The van der Waals surface area contributed by atoms with Crippen molar-refractivity contribution in [3.63, 3.8) is 0 Å². The fourth-order valence-corrected chi connectivity index (χ4v) is 3.05. The van der Waals surface area contributed by atoms with E-state index in [1.807, 2.05) is 42.5 Å². The van der Waals surface area contributed by atoms with Crippen LogP contribution in [0.3, 0.4) is 0 Å². The molecule has 1 aliphatic heterocycles. The van der Waals surface area contributed by atoms with Crippen LogP contribution in [-0.4, -0.2) is 32.1 Å². The number of hydrogen-bond donors (Lipinski definition) is 3. The fourth-order valence-electron chi connectivity index (χ4n) is 2.84. The number of amides is 1. The zero-order valence-corrected chi connectivity index (χ0v) is 16.0. The van der Waals surface area contributed by atoms with Gasteiger partial charge >= 0.3 is 0 Å². The first-order valence-electron chi connectivity index (χ1n) is 8.88. The highest BCUT2D eigenvalue weighted by molar-refractivity contribution is 6.30. The van der Waals surface area contributed by atoms with E-state index in [0.717, 1.165) is 34.0 Å². The molecular weight excluding hydrogens is 364 g/mol. The molecule has 0 fully saturated rings. The predicted octanol–water partition coefficient (Wildman–Crippen LogP) is 2.97. The molecule has 3 rings (SSSR count). The highest BCUT2D eigenvalue weighted by Gasteiger charge is 2.14. The summed E-state index contributed by atoms with van der Waals surface area (Å²) in [6.07, 6.45) is 1.27. The van der Waals surface area contributed by atoms with Crippen molar-refractivity contribution in [2.75, 3.05) is 25.5 Å². The number of benzene rings is 2. The van der Waals surface area contributed by atoms with Gasteiger partial charge in [0.15, 0.2) is 5.96 Å². The van der Waals surface area contributed by atoms with Gasteiger partial charge in [0.25, 0.3) is 0 Å². The Hall–Kier alpha value is -2.73. The molecular formula is C20H23ClN4O2. The Labute approximate surface area is 164 Å². The van der Waals surface area contributed by atoms with Crippen LogP contribution in [0, 0.1) is 0 Å². The first kappa shape index (κ1) is 19.0. The topological polar surface area (TPSA) is 74.8 Å². The average molecular weight is 387 g/mol. The fraction of sp³-hybridized carbons (Fsp3) is 0.300. The van der Waals surface area contributed by atoms with Gasteiger partial charge in [0.1, 0.15) is 12.4 Å². The van der Waals surface area contributed by atoms with Crippen molar-refractivity contribution in [2.45, 2.75) is 19.4 Å². The maximum absolute atomic E-state index is 11.4. The minimum atomic E-state index is 0.0667. The van der Waals surface area contributed by atoms with E-state index >= 15 is 0 Å². The first-order valence-corrected chi connectivity index (χ1v) is 9.26. The zero-order valence-electron chi connectivity index (χ0n) is 15.2. The highest BCUT2D eigenvalue weighted by Crippen LogP contribution is 2.26. The lowest BCUT2D eigenvalue weighted by molar-refractivity contribution is -0.116. The van der Waals surface area contributed by atoms with E-state index in [1.54, 1.807) is 7.05 Å². The van der Waals surface area contributed by atoms with Crippen LogP contribution in [0.25, 0.3) is 0 Å². The van der Waals surface area contributed by atoms with Crippen LogP contribution < -0.4 is 20.7 Å². The number of guanidine groups is 1.